The summed E-state index contributed by atoms with van der Waals surface area (Å²) in [4.78, 5) is 11.4. The Kier molecular flexibility index (Phi) is 2.48. The van der Waals surface area contributed by atoms with Crippen LogP contribution in [0.1, 0.15) is 51.4 Å². The zero-order chi connectivity index (χ0) is 8.39. The zero-order valence-corrected chi connectivity index (χ0v) is 7.72. The molecule has 0 radical (unpaired) electrons. The molecular formula is C11H18O. The minimum absolute atomic E-state index is 0.458. The second-order valence-electron chi connectivity index (χ2n) is 4.43. The van der Waals surface area contributed by atoms with E-state index in [4.69, 9.17) is 0 Å². The molecule has 2 fully saturated rings. The lowest BCUT2D eigenvalue weighted by Crippen LogP contribution is -2.18. The average molecular weight is 166 g/mol. The lowest BCUT2D eigenvalue weighted by molar-refractivity contribution is -0.124. The Morgan fingerprint density at radius 2 is 1.92 bits per heavy atom. The van der Waals surface area contributed by atoms with E-state index < -0.39 is 0 Å². The van der Waals surface area contributed by atoms with Crippen LogP contribution in [-0.4, -0.2) is 5.78 Å². The van der Waals surface area contributed by atoms with Gasteiger partial charge in [0.1, 0.15) is 5.78 Å². The fraction of sp³-hybridized carbons (Fsp3) is 0.909. The highest BCUT2D eigenvalue weighted by Gasteiger charge is 2.26. The second-order valence-corrected chi connectivity index (χ2v) is 4.43. The molecule has 0 N–H and O–H groups in total. The van der Waals surface area contributed by atoms with E-state index in [-0.39, 0.29) is 0 Å². The quantitative estimate of drug-likeness (QED) is 0.630. The smallest absolute Gasteiger partial charge is 0.135 e. The topological polar surface area (TPSA) is 17.1 Å². The summed E-state index contributed by atoms with van der Waals surface area (Å²) in [5.74, 6) is 2.01. The van der Waals surface area contributed by atoms with Gasteiger partial charge in [-0.2, -0.15) is 0 Å². The fourth-order valence-corrected chi connectivity index (χ4v) is 2.20. The molecule has 2 aliphatic carbocycles. The highest BCUT2D eigenvalue weighted by Crippen LogP contribution is 2.36. The molecule has 0 heterocycles. The van der Waals surface area contributed by atoms with Gasteiger partial charge in [-0.05, 0) is 31.6 Å². The largest absolute Gasteiger partial charge is 0.299 e. The van der Waals surface area contributed by atoms with E-state index in [2.05, 4.69) is 0 Å². The third-order valence-corrected chi connectivity index (χ3v) is 3.30. The Morgan fingerprint density at radius 3 is 2.58 bits per heavy atom. The van der Waals surface area contributed by atoms with Crippen molar-refractivity contribution in [1.29, 1.82) is 0 Å². The number of hydrogen-bond donors (Lipinski definition) is 0. The van der Waals surface area contributed by atoms with Crippen molar-refractivity contribution in [2.45, 2.75) is 51.4 Å². The van der Waals surface area contributed by atoms with Crippen LogP contribution < -0.4 is 0 Å². The monoisotopic (exact) mass is 166 g/mol. The van der Waals surface area contributed by atoms with E-state index in [9.17, 15) is 4.79 Å². The van der Waals surface area contributed by atoms with Gasteiger partial charge in [0, 0.05) is 12.3 Å². The first-order chi connectivity index (χ1) is 5.86. The Morgan fingerprint density at radius 1 is 1.08 bits per heavy atom. The zero-order valence-electron chi connectivity index (χ0n) is 7.72. The summed E-state index contributed by atoms with van der Waals surface area (Å²) in [6.07, 6.45) is 9.89. The lowest BCUT2D eigenvalue weighted by Gasteiger charge is -2.19. The van der Waals surface area contributed by atoms with Gasteiger partial charge in [0.2, 0.25) is 0 Å². The van der Waals surface area contributed by atoms with Crippen LogP contribution in [0.15, 0.2) is 0 Å². The van der Waals surface area contributed by atoms with Gasteiger partial charge in [-0.25, -0.2) is 0 Å². The molecule has 2 rings (SSSR count). The van der Waals surface area contributed by atoms with Crippen LogP contribution in [0.3, 0.4) is 0 Å². The summed E-state index contributed by atoms with van der Waals surface area (Å²) in [6, 6.07) is 0. The van der Waals surface area contributed by atoms with Crippen LogP contribution in [-0.2, 0) is 4.79 Å². The summed E-state index contributed by atoms with van der Waals surface area (Å²) >= 11 is 0. The Hall–Kier alpha value is -0.330. The Balaban J connectivity index is 1.72. The first-order valence-corrected chi connectivity index (χ1v) is 5.39. The van der Waals surface area contributed by atoms with E-state index in [1.807, 2.05) is 0 Å². The molecule has 0 spiro atoms. The van der Waals surface area contributed by atoms with Crippen molar-refractivity contribution in [3.05, 3.63) is 0 Å². The van der Waals surface area contributed by atoms with E-state index in [1.165, 1.54) is 38.5 Å². The van der Waals surface area contributed by atoms with Gasteiger partial charge in [0.05, 0.1) is 0 Å². The minimum Gasteiger partial charge on any atom is -0.299 e. The molecule has 1 unspecified atom stereocenters. The van der Waals surface area contributed by atoms with Crippen molar-refractivity contribution in [3.63, 3.8) is 0 Å². The van der Waals surface area contributed by atoms with Crippen molar-refractivity contribution >= 4 is 5.78 Å². The summed E-state index contributed by atoms with van der Waals surface area (Å²) in [6.45, 7) is 0. The van der Waals surface area contributed by atoms with Crippen molar-refractivity contribution in [3.8, 4) is 0 Å². The van der Waals surface area contributed by atoms with Crippen LogP contribution in [0.2, 0.25) is 0 Å². The predicted molar refractivity (Wildman–Crippen MR) is 48.9 cm³/mol. The molecule has 68 valence electrons. The molecule has 1 heteroatoms. The number of Topliss-reactive ketones (excluding diaryl/α,β-unsaturated/α-hetero) is 1. The van der Waals surface area contributed by atoms with Gasteiger partial charge in [-0.1, -0.05) is 19.3 Å². The molecule has 0 aromatic heterocycles. The average Bonchev–Trinajstić information content (AvgIpc) is 2.86. The number of carbonyl (C=O) groups is 1. The lowest BCUT2D eigenvalue weighted by atomic mass is 9.84. The molecule has 12 heavy (non-hydrogen) atoms. The van der Waals surface area contributed by atoms with Crippen LogP contribution in [0.5, 0.6) is 0 Å². The summed E-state index contributed by atoms with van der Waals surface area (Å²) in [7, 11) is 0. The molecule has 0 amide bonds. The number of ketones is 1. The fourth-order valence-electron chi connectivity index (χ4n) is 2.20. The first-order valence-electron chi connectivity index (χ1n) is 5.39. The van der Waals surface area contributed by atoms with Crippen LogP contribution in [0.4, 0.5) is 0 Å². The number of rotatable bonds is 3. The SMILES string of the molecule is O=C1CCCCC1CCC1CC1. The van der Waals surface area contributed by atoms with Gasteiger partial charge in [0.25, 0.3) is 0 Å². The van der Waals surface area contributed by atoms with Crippen LogP contribution in [0.25, 0.3) is 0 Å². The van der Waals surface area contributed by atoms with Gasteiger partial charge < -0.3 is 0 Å². The van der Waals surface area contributed by atoms with Gasteiger partial charge in [0.15, 0.2) is 0 Å². The molecule has 1 nitrogen and oxygen atoms in total. The molecular weight excluding hydrogens is 148 g/mol. The molecule has 2 aliphatic rings. The predicted octanol–water partition coefficient (Wildman–Crippen LogP) is 2.94. The summed E-state index contributed by atoms with van der Waals surface area (Å²) in [5.41, 5.74) is 0. The van der Waals surface area contributed by atoms with Crippen molar-refractivity contribution < 1.29 is 4.79 Å². The molecule has 0 aromatic rings. The summed E-state index contributed by atoms with van der Waals surface area (Å²) in [5, 5.41) is 0. The Labute approximate surface area is 74.5 Å². The van der Waals surface area contributed by atoms with Gasteiger partial charge >= 0.3 is 0 Å². The summed E-state index contributed by atoms with van der Waals surface area (Å²) < 4.78 is 0. The maximum atomic E-state index is 11.4. The maximum Gasteiger partial charge on any atom is 0.135 e. The highest BCUT2D eigenvalue weighted by molar-refractivity contribution is 5.81. The minimum atomic E-state index is 0.458. The molecule has 2 saturated carbocycles. The van der Waals surface area contributed by atoms with Crippen molar-refractivity contribution in [1.82, 2.24) is 0 Å². The normalized spacial score (nSPS) is 30.7. The standard InChI is InChI=1S/C11H18O/c12-11-4-2-1-3-10(11)8-7-9-5-6-9/h9-10H,1-8H2. The van der Waals surface area contributed by atoms with E-state index in [1.54, 1.807) is 0 Å². The van der Waals surface area contributed by atoms with Crippen LogP contribution >= 0.6 is 0 Å². The molecule has 0 saturated heterocycles. The van der Waals surface area contributed by atoms with Crippen molar-refractivity contribution in [2.24, 2.45) is 11.8 Å². The van der Waals surface area contributed by atoms with Gasteiger partial charge in [-0.3, -0.25) is 4.79 Å². The molecule has 1 atom stereocenters. The highest BCUT2D eigenvalue weighted by atomic mass is 16.1. The van der Waals surface area contributed by atoms with Crippen LogP contribution in [0, 0.1) is 11.8 Å². The number of hydrogen-bond acceptors (Lipinski definition) is 1. The maximum absolute atomic E-state index is 11.4. The molecule has 0 aliphatic heterocycles. The van der Waals surface area contributed by atoms with E-state index >= 15 is 0 Å². The van der Waals surface area contributed by atoms with E-state index in [0.717, 1.165) is 18.8 Å². The Bertz CT molecular complexity index is 170. The molecule has 0 bridgehead atoms. The first kappa shape index (κ1) is 8.28. The second kappa shape index (κ2) is 3.59. The van der Waals surface area contributed by atoms with Crippen molar-refractivity contribution in [2.75, 3.05) is 0 Å². The van der Waals surface area contributed by atoms with E-state index in [0.29, 0.717) is 11.7 Å². The van der Waals surface area contributed by atoms with Gasteiger partial charge in [-0.15, -0.1) is 0 Å². The third-order valence-electron chi connectivity index (χ3n) is 3.30. The third kappa shape index (κ3) is 2.09. The molecule has 0 aromatic carbocycles. The number of carbonyl (C=O) groups excluding carboxylic acids is 1.